The summed E-state index contributed by atoms with van der Waals surface area (Å²) >= 11 is 5.58. The number of aromatic nitrogens is 2. The van der Waals surface area contributed by atoms with E-state index in [4.69, 9.17) is 20.9 Å². The van der Waals surface area contributed by atoms with Crippen LogP contribution in [-0.2, 0) is 26.9 Å². The van der Waals surface area contributed by atoms with E-state index in [1.54, 1.807) is 0 Å². The van der Waals surface area contributed by atoms with E-state index in [2.05, 4.69) is 10.1 Å². The van der Waals surface area contributed by atoms with Gasteiger partial charge >= 0.3 is 12.1 Å². The highest BCUT2D eigenvalue weighted by atomic mass is 35.5. The van der Waals surface area contributed by atoms with Gasteiger partial charge in [0, 0.05) is 17.0 Å². The molecule has 1 N–H and O–H groups in total. The molecule has 0 aliphatic rings. The van der Waals surface area contributed by atoms with E-state index >= 15 is 0 Å². The van der Waals surface area contributed by atoms with E-state index in [-0.39, 0.29) is 29.6 Å². The van der Waals surface area contributed by atoms with Crippen molar-refractivity contribution in [1.29, 1.82) is 0 Å². The number of rotatable bonds is 7. The molecule has 0 saturated carbocycles. The van der Waals surface area contributed by atoms with Crippen molar-refractivity contribution >= 4 is 29.2 Å². The number of ether oxygens (including phenoxy) is 1. The van der Waals surface area contributed by atoms with Crippen molar-refractivity contribution in [3.63, 3.8) is 0 Å². The molecule has 1 amide bonds. The number of nitrogens with one attached hydrogen (secondary N) is 1. The lowest BCUT2D eigenvalue weighted by molar-refractivity contribution is -0.147. The Balaban J connectivity index is 1.48. The van der Waals surface area contributed by atoms with Crippen molar-refractivity contribution in [3.05, 3.63) is 64.8 Å². The molecule has 0 aliphatic carbocycles. The van der Waals surface area contributed by atoms with E-state index in [0.29, 0.717) is 11.6 Å². The van der Waals surface area contributed by atoms with Gasteiger partial charge in [0.05, 0.1) is 17.7 Å². The lowest BCUT2D eigenvalue weighted by atomic mass is 10.1. The molecule has 0 unspecified atom stereocenters. The first kappa shape index (κ1) is 23.2. The number of hydrogen-bond acceptors (Lipinski definition) is 6. The number of nitrogens with zero attached hydrogens (tertiary/aromatic N) is 2. The first-order chi connectivity index (χ1) is 15.1. The Kier molecular flexibility index (Phi) is 7.08. The molecule has 1 heterocycles. The topological polar surface area (TPSA) is 94.3 Å². The first-order valence-electron chi connectivity index (χ1n) is 9.02. The van der Waals surface area contributed by atoms with Gasteiger partial charge in [-0.25, -0.2) is 4.39 Å². The summed E-state index contributed by atoms with van der Waals surface area (Å²) in [5.41, 5.74) is -1.12. The van der Waals surface area contributed by atoms with Gasteiger partial charge in [0.15, 0.2) is 6.61 Å². The average Bonchev–Trinajstić information content (AvgIpc) is 3.21. The molecule has 1 aromatic heterocycles. The Morgan fingerprint density at radius 2 is 1.84 bits per heavy atom. The minimum Gasteiger partial charge on any atom is -0.456 e. The Labute approximate surface area is 183 Å². The maximum absolute atomic E-state index is 13.1. The van der Waals surface area contributed by atoms with Crippen LogP contribution in [0.2, 0.25) is 5.02 Å². The van der Waals surface area contributed by atoms with Crippen LogP contribution in [0.1, 0.15) is 17.9 Å². The summed E-state index contributed by atoms with van der Waals surface area (Å²) in [6.45, 7) is -0.788. The second-order valence-electron chi connectivity index (χ2n) is 6.42. The van der Waals surface area contributed by atoms with E-state index in [1.165, 1.54) is 30.3 Å². The summed E-state index contributed by atoms with van der Waals surface area (Å²) in [5.74, 6) is -1.86. The number of hydrogen-bond donors (Lipinski definition) is 1. The van der Waals surface area contributed by atoms with Crippen molar-refractivity contribution in [2.24, 2.45) is 0 Å². The predicted octanol–water partition coefficient (Wildman–Crippen LogP) is 4.66. The molecule has 0 atom stereocenters. The number of carbonyl (C=O) groups excluding carboxylic acids is 2. The van der Waals surface area contributed by atoms with Gasteiger partial charge in [-0.05, 0) is 42.5 Å². The third kappa shape index (κ3) is 6.27. The van der Waals surface area contributed by atoms with Crippen LogP contribution in [0.5, 0.6) is 0 Å². The number of amides is 1. The third-order valence-electron chi connectivity index (χ3n) is 4.04. The lowest BCUT2D eigenvalue weighted by Gasteiger charge is -2.14. The van der Waals surface area contributed by atoms with Crippen LogP contribution < -0.4 is 5.32 Å². The van der Waals surface area contributed by atoms with Crippen molar-refractivity contribution in [1.82, 2.24) is 10.1 Å². The molecule has 0 fully saturated rings. The van der Waals surface area contributed by atoms with Gasteiger partial charge in [-0.15, -0.1) is 0 Å². The first-order valence-corrected chi connectivity index (χ1v) is 9.40. The second kappa shape index (κ2) is 9.77. The molecule has 0 aliphatic heterocycles. The normalized spacial score (nSPS) is 11.3. The van der Waals surface area contributed by atoms with Gasteiger partial charge in [0.2, 0.25) is 11.7 Å². The van der Waals surface area contributed by atoms with Crippen molar-refractivity contribution in [2.75, 3.05) is 11.9 Å². The zero-order chi connectivity index (χ0) is 23.3. The minimum atomic E-state index is -4.74. The molecule has 32 heavy (non-hydrogen) atoms. The fraction of sp³-hybridized carbons (Fsp3) is 0.200. The fourth-order valence-electron chi connectivity index (χ4n) is 2.55. The number of anilines is 1. The molecule has 168 valence electrons. The van der Waals surface area contributed by atoms with E-state index in [0.717, 1.165) is 6.07 Å². The molecule has 3 rings (SSSR count). The molecule has 12 heteroatoms. The van der Waals surface area contributed by atoms with E-state index in [9.17, 15) is 27.2 Å². The molecule has 7 nitrogen and oxygen atoms in total. The Morgan fingerprint density at radius 3 is 2.53 bits per heavy atom. The van der Waals surface area contributed by atoms with Crippen LogP contribution in [0, 0.1) is 5.82 Å². The molecular weight excluding hydrogens is 458 g/mol. The minimum absolute atomic E-state index is 0.00402. The maximum atomic E-state index is 13.1. The van der Waals surface area contributed by atoms with Crippen LogP contribution in [-0.4, -0.2) is 28.6 Å². The monoisotopic (exact) mass is 471 g/mol. The Bertz CT molecular complexity index is 1120. The van der Waals surface area contributed by atoms with Crippen molar-refractivity contribution in [3.8, 4) is 11.4 Å². The van der Waals surface area contributed by atoms with Crippen molar-refractivity contribution in [2.45, 2.75) is 19.0 Å². The van der Waals surface area contributed by atoms with Gasteiger partial charge in [-0.3, -0.25) is 9.59 Å². The molecule has 0 spiro atoms. The van der Waals surface area contributed by atoms with Crippen LogP contribution >= 0.6 is 11.6 Å². The summed E-state index contributed by atoms with van der Waals surface area (Å²) in [5, 5.41) is 5.61. The largest absolute Gasteiger partial charge is 0.456 e. The highest BCUT2D eigenvalue weighted by molar-refractivity contribution is 6.30. The number of carbonyl (C=O) groups is 2. The molecule has 2 aromatic carbocycles. The van der Waals surface area contributed by atoms with Crippen molar-refractivity contribution < 1.29 is 36.4 Å². The molecule has 3 aromatic rings. The maximum Gasteiger partial charge on any atom is 0.418 e. The summed E-state index contributed by atoms with van der Waals surface area (Å²) in [4.78, 5) is 27.8. The quantitative estimate of drug-likeness (QED) is 0.398. The summed E-state index contributed by atoms with van der Waals surface area (Å²) in [6.07, 6.45) is -4.95. The van der Waals surface area contributed by atoms with Gasteiger partial charge in [0.25, 0.3) is 5.91 Å². The SMILES string of the molecule is O=C(COC(=O)CCc1nc(-c2ccc(F)cc2)no1)Nc1ccc(Cl)cc1C(F)(F)F. The van der Waals surface area contributed by atoms with Crippen LogP contribution in [0.25, 0.3) is 11.4 Å². The average molecular weight is 472 g/mol. The molecule has 0 bridgehead atoms. The van der Waals surface area contributed by atoms with E-state index in [1.807, 2.05) is 5.32 Å². The Morgan fingerprint density at radius 1 is 1.12 bits per heavy atom. The smallest absolute Gasteiger partial charge is 0.418 e. The standard InChI is InChI=1S/C20H14ClF4N3O4/c21-12-3-6-15(14(9-12)20(23,24)25)26-16(29)10-31-18(30)8-7-17-27-19(28-32-17)11-1-4-13(22)5-2-11/h1-6,9H,7-8,10H2,(H,26,29). The molecule has 0 saturated heterocycles. The predicted molar refractivity (Wildman–Crippen MR) is 104 cm³/mol. The number of halogens is 5. The fourth-order valence-corrected chi connectivity index (χ4v) is 2.72. The van der Waals surface area contributed by atoms with E-state index < -0.39 is 41.7 Å². The summed E-state index contributed by atoms with van der Waals surface area (Å²) in [7, 11) is 0. The van der Waals surface area contributed by atoms with Gasteiger partial charge in [0.1, 0.15) is 5.82 Å². The number of esters is 1. The van der Waals surface area contributed by atoms with Gasteiger partial charge in [-0.1, -0.05) is 16.8 Å². The molecular formula is C20H14ClF4N3O4. The van der Waals surface area contributed by atoms with Gasteiger partial charge < -0.3 is 14.6 Å². The summed E-state index contributed by atoms with van der Waals surface area (Å²) in [6, 6.07) is 8.24. The lowest BCUT2D eigenvalue weighted by Crippen LogP contribution is -2.22. The second-order valence-corrected chi connectivity index (χ2v) is 6.85. The highest BCUT2D eigenvalue weighted by Gasteiger charge is 2.34. The number of benzene rings is 2. The van der Waals surface area contributed by atoms with Crippen LogP contribution in [0.4, 0.5) is 23.2 Å². The number of alkyl halides is 3. The zero-order valence-corrected chi connectivity index (χ0v) is 16.8. The number of aryl methyl sites for hydroxylation is 1. The van der Waals surface area contributed by atoms with Gasteiger partial charge in [-0.2, -0.15) is 18.2 Å². The third-order valence-corrected chi connectivity index (χ3v) is 4.27. The summed E-state index contributed by atoms with van der Waals surface area (Å²) < 4.78 is 61.9. The highest BCUT2D eigenvalue weighted by Crippen LogP contribution is 2.36. The van der Waals surface area contributed by atoms with Crippen LogP contribution in [0.3, 0.4) is 0 Å². The van der Waals surface area contributed by atoms with Crippen LogP contribution in [0.15, 0.2) is 47.0 Å². The molecule has 0 radical (unpaired) electrons. The Hall–Kier alpha value is -3.47. The zero-order valence-electron chi connectivity index (χ0n) is 16.1.